The number of aliphatic hydroxyl groups is 1. The summed E-state index contributed by atoms with van der Waals surface area (Å²) in [6, 6.07) is 9.29. The lowest BCUT2D eigenvalue weighted by Crippen LogP contribution is -2.43. The molecule has 1 aromatic carbocycles. The van der Waals surface area contributed by atoms with Gasteiger partial charge in [-0.25, -0.2) is 9.59 Å². The minimum absolute atomic E-state index is 0.104. The molecule has 1 fully saturated rings. The van der Waals surface area contributed by atoms with Gasteiger partial charge < -0.3 is 19.5 Å². The molecule has 0 aliphatic carbocycles. The minimum Gasteiger partial charge on any atom is -0.467 e. The van der Waals surface area contributed by atoms with E-state index in [2.05, 4.69) is 4.74 Å². The Balaban J connectivity index is 1.87. The lowest BCUT2D eigenvalue weighted by molar-refractivity contribution is -0.160. The van der Waals surface area contributed by atoms with Crippen LogP contribution in [0, 0.1) is 0 Å². The maximum atomic E-state index is 11.9. The number of benzene rings is 1. The Labute approximate surface area is 116 Å². The number of likely N-dealkylation sites (tertiary alicyclic amines) is 1. The number of ether oxygens (including phenoxy) is 2. The fourth-order valence-electron chi connectivity index (χ4n) is 2.12. The molecule has 20 heavy (non-hydrogen) atoms. The molecule has 1 aliphatic heterocycles. The van der Waals surface area contributed by atoms with Crippen molar-refractivity contribution >= 4 is 12.1 Å². The van der Waals surface area contributed by atoms with E-state index in [-0.39, 0.29) is 26.1 Å². The molecule has 1 unspecified atom stereocenters. The second kappa shape index (κ2) is 5.92. The third kappa shape index (κ3) is 3.08. The Kier molecular flexibility index (Phi) is 4.24. The summed E-state index contributed by atoms with van der Waals surface area (Å²) in [7, 11) is 1.21. The van der Waals surface area contributed by atoms with Crippen LogP contribution < -0.4 is 0 Å². The van der Waals surface area contributed by atoms with Crippen molar-refractivity contribution in [2.24, 2.45) is 0 Å². The molecule has 1 heterocycles. The van der Waals surface area contributed by atoms with E-state index in [1.807, 2.05) is 30.3 Å². The number of nitrogens with zero attached hydrogens (tertiary/aromatic N) is 1. The zero-order chi connectivity index (χ0) is 14.6. The SMILES string of the molecule is COC(=O)C1(O)CCN(C(=O)OCc2ccccc2)C1. The maximum Gasteiger partial charge on any atom is 0.410 e. The second-order valence-corrected chi connectivity index (χ2v) is 4.73. The fourth-order valence-corrected chi connectivity index (χ4v) is 2.12. The summed E-state index contributed by atoms with van der Waals surface area (Å²) in [5.74, 6) is -0.726. The minimum atomic E-state index is -1.62. The number of methoxy groups -OCH3 is 1. The standard InChI is InChI=1S/C14H17NO5/c1-19-12(16)14(18)7-8-15(10-14)13(17)20-9-11-5-3-2-4-6-11/h2-6,18H,7-10H2,1H3. The molecule has 6 nitrogen and oxygen atoms in total. The molecular formula is C14H17NO5. The van der Waals surface area contributed by atoms with Gasteiger partial charge in [-0.05, 0) is 5.56 Å². The second-order valence-electron chi connectivity index (χ2n) is 4.73. The van der Waals surface area contributed by atoms with Crippen molar-refractivity contribution in [2.75, 3.05) is 20.2 Å². The lowest BCUT2D eigenvalue weighted by Gasteiger charge is -2.20. The summed E-state index contributed by atoms with van der Waals surface area (Å²) in [5, 5.41) is 10.0. The van der Waals surface area contributed by atoms with Crippen LogP contribution in [0.25, 0.3) is 0 Å². The van der Waals surface area contributed by atoms with Gasteiger partial charge in [-0.1, -0.05) is 30.3 Å². The van der Waals surface area contributed by atoms with Crippen molar-refractivity contribution in [3.05, 3.63) is 35.9 Å². The predicted molar refractivity (Wildman–Crippen MR) is 69.8 cm³/mol. The van der Waals surface area contributed by atoms with E-state index in [4.69, 9.17) is 4.74 Å². The zero-order valence-electron chi connectivity index (χ0n) is 11.2. The van der Waals surface area contributed by atoms with Gasteiger partial charge in [0.1, 0.15) is 6.61 Å². The number of hydrogen-bond acceptors (Lipinski definition) is 5. The number of carbonyl (C=O) groups excluding carboxylic acids is 2. The molecule has 108 valence electrons. The highest BCUT2D eigenvalue weighted by Gasteiger charge is 2.45. The van der Waals surface area contributed by atoms with E-state index >= 15 is 0 Å². The van der Waals surface area contributed by atoms with Gasteiger partial charge >= 0.3 is 12.1 Å². The van der Waals surface area contributed by atoms with Crippen LogP contribution in [0.2, 0.25) is 0 Å². The summed E-state index contributed by atoms with van der Waals surface area (Å²) < 4.78 is 9.67. The molecule has 0 radical (unpaired) electrons. The Bertz CT molecular complexity index is 490. The lowest BCUT2D eigenvalue weighted by atomic mass is 10.0. The molecule has 1 atom stereocenters. The Morgan fingerprint density at radius 1 is 1.35 bits per heavy atom. The number of carbonyl (C=O) groups is 2. The van der Waals surface area contributed by atoms with Gasteiger partial charge in [0.05, 0.1) is 13.7 Å². The van der Waals surface area contributed by atoms with Crippen LogP contribution in [0.15, 0.2) is 30.3 Å². The van der Waals surface area contributed by atoms with Crippen LogP contribution in [0.4, 0.5) is 4.79 Å². The molecule has 0 bridgehead atoms. The fraction of sp³-hybridized carbons (Fsp3) is 0.429. The molecule has 0 saturated carbocycles. The molecule has 1 N–H and O–H groups in total. The molecule has 1 saturated heterocycles. The van der Waals surface area contributed by atoms with Crippen molar-refractivity contribution in [2.45, 2.75) is 18.6 Å². The average Bonchev–Trinajstić information content (AvgIpc) is 2.89. The normalized spacial score (nSPS) is 21.6. The molecule has 0 aromatic heterocycles. The first kappa shape index (κ1) is 14.3. The Morgan fingerprint density at radius 2 is 2.05 bits per heavy atom. The van der Waals surface area contributed by atoms with Gasteiger partial charge in [0.25, 0.3) is 0 Å². The van der Waals surface area contributed by atoms with E-state index in [1.54, 1.807) is 0 Å². The van der Waals surface area contributed by atoms with Crippen LogP contribution >= 0.6 is 0 Å². The first-order valence-electron chi connectivity index (χ1n) is 6.31. The van der Waals surface area contributed by atoms with E-state index in [0.717, 1.165) is 5.56 Å². The van der Waals surface area contributed by atoms with E-state index in [1.165, 1.54) is 12.0 Å². The van der Waals surface area contributed by atoms with Crippen molar-refractivity contribution in [1.29, 1.82) is 0 Å². The molecule has 0 spiro atoms. The zero-order valence-corrected chi connectivity index (χ0v) is 11.2. The van der Waals surface area contributed by atoms with Crippen LogP contribution in [-0.2, 0) is 20.9 Å². The third-order valence-electron chi connectivity index (χ3n) is 3.28. The quantitative estimate of drug-likeness (QED) is 0.833. The summed E-state index contributed by atoms with van der Waals surface area (Å²) in [4.78, 5) is 24.6. The first-order valence-corrected chi connectivity index (χ1v) is 6.31. The molecule has 6 heteroatoms. The topological polar surface area (TPSA) is 76.1 Å². The number of rotatable bonds is 3. The van der Waals surface area contributed by atoms with Crippen molar-refractivity contribution in [3.63, 3.8) is 0 Å². The number of amides is 1. The first-order chi connectivity index (χ1) is 9.55. The smallest absolute Gasteiger partial charge is 0.410 e. The number of esters is 1. The predicted octanol–water partition coefficient (Wildman–Crippen LogP) is 0.933. The molecular weight excluding hydrogens is 262 g/mol. The number of hydrogen-bond donors (Lipinski definition) is 1. The number of β-amino-alcohol motifs (C(OH)–C–C–N with tert-alkyl or cyclic N) is 1. The van der Waals surface area contributed by atoms with Gasteiger partial charge in [0.15, 0.2) is 5.60 Å². The summed E-state index contributed by atoms with van der Waals surface area (Å²) in [6.07, 6.45) is -0.395. The van der Waals surface area contributed by atoms with Gasteiger partial charge in [0.2, 0.25) is 0 Å². The van der Waals surface area contributed by atoms with Crippen LogP contribution in [0.3, 0.4) is 0 Å². The summed E-state index contributed by atoms with van der Waals surface area (Å²) >= 11 is 0. The molecule has 1 aliphatic rings. The highest BCUT2D eigenvalue weighted by Crippen LogP contribution is 2.23. The third-order valence-corrected chi connectivity index (χ3v) is 3.28. The van der Waals surface area contributed by atoms with Gasteiger partial charge in [-0.3, -0.25) is 0 Å². The van der Waals surface area contributed by atoms with Gasteiger partial charge in [0, 0.05) is 13.0 Å². The summed E-state index contributed by atoms with van der Waals surface area (Å²) in [6.45, 7) is 0.319. The molecule has 1 amide bonds. The van der Waals surface area contributed by atoms with Crippen molar-refractivity contribution < 1.29 is 24.2 Å². The Hall–Kier alpha value is -2.08. The van der Waals surface area contributed by atoms with Crippen molar-refractivity contribution in [1.82, 2.24) is 4.90 Å². The Morgan fingerprint density at radius 3 is 2.70 bits per heavy atom. The van der Waals surface area contributed by atoms with Crippen LogP contribution in [0.1, 0.15) is 12.0 Å². The highest BCUT2D eigenvalue weighted by molar-refractivity contribution is 5.81. The van der Waals surface area contributed by atoms with Crippen LogP contribution in [-0.4, -0.2) is 47.9 Å². The van der Waals surface area contributed by atoms with Crippen LogP contribution in [0.5, 0.6) is 0 Å². The van der Waals surface area contributed by atoms with Gasteiger partial charge in [-0.2, -0.15) is 0 Å². The van der Waals surface area contributed by atoms with Crippen molar-refractivity contribution in [3.8, 4) is 0 Å². The maximum absolute atomic E-state index is 11.9. The molecule has 2 rings (SSSR count). The van der Waals surface area contributed by atoms with E-state index < -0.39 is 17.7 Å². The monoisotopic (exact) mass is 279 g/mol. The average molecular weight is 279 g/mol. The largest absolute Gasteiger partial charge is 0.467 e. The molecule has 1 aromatic rings. The highest BCUT2D eigenvalue weighted by atomic mass is 16.6. The van der Waals surface area contributed by atoms with Gasteiger partial charge in [-0.15, -0.1) is 0 Å². The van der Waals surface area contributed by atoms with E-state index in [9.17, 15) is 14.7 Å². The summed E-state index contributed by atoms with van der Waals surface area (Å²) in [5.41, 5.74) is -0.746. The van der Waals surface area contributed by atoms with E-state index in [0.29, 0.717) is 0 Å².